The average molecular weight is 638 g/mol. The number of amides is 1. The minimum Gasteiger partial charge on any atom is -0.375 e. The Kier molecular flexibility index (Phi) is 10.1. The number of alkyl halides is 2. The zero-order chi connectivity index (χ0) is 32.4. The van der Waals surface area contributed by atoms with Crippen molar-refractivity contribution in [2.75, 3.05) is 31.1 Å². The van der Waals surface area contributed by atoms with Gasteiger partial charge in [0.25, 0.3) is 6.43 Å². The first-order valence-electron chi connectivity index (χ1n) is 17.3. The van der Waals surface area contributed by atoms with Crippen molar-refractivity contribution in [3.05, 3.63) is 46.9 Å². The molecule has 0 unspecified atom stereocenters. The number of hydrogen-bond acceptors (Lipinski definition) is 6. The van der Waals surface area contributed by atoms with Crippen molar-refractivity contribution in [2.45, 2.75) is 110 Å². The number of hydrogen-bond donors (Lipinski definition) is 1. The average Bonchev–Trinajstić information content (AvgIpc) is 3.69. The van der Waals surface area contributed by atoms with Crippen molar-refractivity contribution >= 4 is 17.4 Å². The molecule has 250 valence electrons. The standard InChI is InChI=1S/C33H43F2N7O2.C2H6/c1-21(43)40-15-11-30-29(20-40)33(38-42(30)24-5-7-25(8-6-24)44-26-9-12-36-13-10-26)41-14-3-4-22-16-27(23-18-37-39(2)19-23)28(32(34)35)17-31(22)41;1-2/h16-19,24-26,32,36H,3-15,20H2,1-2H3;1-2H3. The van der Waals surface area contributed by atoms with E-state index in [1.165, 1.54) is 5.69 Å². The van der Waals surface area contributed by atoms with Crippen molar-refractivity contribution in [1.29, 1.82) is 0 Å². The number of nitrogens with zero attached hydrogens (tertiary/aromatic N) is 6. The van der Waals surface area contributed by atoms with E-state index in [9.17, 15) is 13.6 Å². The Morgan fingerprint density at radius 1 is 1.02 bits per heavy atom. The van der Waals surface area contributed by atoms with Gasteiger partial charge in [0, 0.05) is 67.8 Å². The van der Waals surface area contributed by atoms with E-state index in [1.54, 1.807) is 37.1 Å². The van der Waals surface area contributed by atoms with E-state index in [0.29, 0.717) is 43.0 Å². The highest BCUT2D eigenvalue weighted by atomic mass is 19.3. The third kappa shape index (κ3) is 6.58. The van der Waals surface area contributed by atoms with Gasteiger partial charge in [0.05, 0.1) is 31.0 Å². The summed E-state index contributed by atoms with van der Waals surface area (Å²) in [6, 6.07) is 3.86. The van der Waals surface area contributed by atoms with E-state index < -0.39 is 6.43 Å². The fourth-order valence-corrected chi connectivity index (χ4v) is 7.71. The zero-order valence-corrected chi connectivity index (χ0v) is 27.8. The molecule has 1 saturated carbocycles. The van der Waals surface area contributed by atoms with Crippen molar-refractivity contribution < 1.29 is 18.3 Å². The molecule has 5 heterocycles. The summed E-state index contributed by atoms with van der Waals surface area (Å²) >= 11 is 0. The molecule has 1 aromatic carbocycles. The van der Waals surface area contributed by atoms with E-state index in [-0.39, 0.29) is 17.5 Å². The molecule has 2 aromatic heterocycles. The fourth-order valence-electron chi connectivity index (χ4n) is 7.71. The first-order chi connectivity index (χ1) is 22.4. The van der Waals surface area contributed by atoms with Crippen LogP contribution in [-0.4, -0.2) is 68.8 Å². The topological polar surface area (TPSA) is 80.5 Å². The molecule has 2 fully saturated rings. The van der Waals surface area contributed by atoms with Gasteiger partial charge in [0.2, 0.25) is 5.91 Å². The van der Waals surface area contributed by atoms with Gasteiger partial charge in [0.1, 0.15) is 0 Å². The number of ether oxygens (including phenoxy) is 1. The Morgan fingerprint density at radius 3 is 2.43 bits per heavy atom. The summed E-state index contributed by atoms with van der Waals surface area (Å²) in [4.78, 5) is 16.5. The number of benzene rings is 1. The molecule has 1 saturated heterocycles. The van der Waals surface area contributed by atoms with Gasteiger partial charge < -0.3 is 19.9 Å². The number of carbonyl (C=O) groups excluding carboxylic acids is 1. The van der Waals surface area contributed by atoms with Crippen molar-refractivity contribution in [2.24, 2.45) is 7.05 Å². The number of nitrogens with one attached hydrogen (secondary N) is 1. The molecule has 7 rings (SSSR count). The monoisotopic (exact) mass is 637 g/mol. The fraction of sp³-hybridized carbons (Fsp3) is 0.629. The van der Waals surface area contributed by atoms with Gasteiger partial charge in [0.15, 0.2) is 5.82 Å². The summed E-state index contributed by atoms with van der Waals surface area (Å²) < 4.78 is 39.4. The molecule has 1 amide bonds. The number of carbonyl (C=O) groups is 1. The van der Waals surface area contributed by atoms with Crippen molar-refractivity contribution in [3.63, 3.8) is 0 Å². The first-order valence-corrected chi connectivity index (χ1v) is 17.3. The van der Waals surface area contributed by atoms with Gasteiger partial charge in [-0.3, -0.25) is 14.2 Å². The molecule has 0 bridgehead atoms. The van der Waals surface area contributed by atoms with Crippen LogP contribution in [0.3, 0.4) is 0 Å². The summed E-state index contributed by atoms with van der Waals surface area (Å²) in [5, 5.41) is 12.9. The Hall–Kier alpha value is -3.31. The number of anilines is 2. The largest absolute Gasteiger partial charge is 0.375 e. The molecule has 3 aromatic rings. The maximum Gasteiger partial charge on any atom is 0.264 e. The molecule has 0 spiro atoms. The Labute approximate surface area is 271 Å². The van der Waals surface area contributed by atoms with Crippen LogP contribution in [-0.2, 0) is 36.0 Å². The van der Waals surface area contributed by atoms with Crippen LogP contribution < -0.4 is 10.2 Å². The van der Waals surface area contributed by atoms with Crippen LogP contribution in [0, 0.1) is 0 Å². The number of aromatic nitrogens is 4. The Balaban J connectivity index is 0.00000182. The summed E-state index contributed by atoms with van der Waals surface area (Å²) in [5.74, 6) is 0.861. The van der Waals surface area contributed by atoms with Gasteiger partial charge >= 0.3 is 0 Å². The predicted octanol–water partition coefficient (Wildman–Crippen LogP) is 6.49. The van der Waals surface area contributed by atoms with Crippen molar-refractivity contribution in [3.8, 4) is 11.1 Å². The minimum absolute atomic E-state index is 0.00869. The SMILES string of the molecule is CC.CC(=O)N1CCc2c(c(N3CCCc4cc(-c5cnn(C)c5)c(C(F)F)cc43)nn2C2CCC(OC3CCNCC3)CC2)C1. The first kappa shape index (κ1) is 32.6. The molecular formula is C35H49F2N7O2. The molecule has 0 radical (unpaired) electrons. The highest BCUT2D eigenvalue weighted by Crippen LogP contribution is 2.44. The highest BCUT2D eigenvalue weighted by molar-refractivity contribution is 5.78. The van der Waals surface area contributed by atoms with Crippen LogP contribution in [0.1, 0.15) is 101 Å². The summed E-state index contributed by atoms with van der Waals surface area (Å²) in [6.07, 6.45) is 10.1. The number of aryl methyl sites for hydroxylation is 2. The van der Waals surface area contributed by atoms with E-state index in [0.717, 1.165) is 93.5 Å². The number of halogens is 2. The smallest absolute Gasteiger partial charge is 0.264 e. The van der Waals surface area contributed by atoms with E-state index in [2.05, 4.69) is 20.0 Å². The lowest BCUT2D eigenvalue weighted by atomic mass is 9.92. The highest BCUT2D eigenvalue weighted by Gasteiger charge is 2.35. The molecule has 0 atom stereocenters. The van der Waals surface area contributed by atoms with E-state index >= 15 is 0 Å². The van der Waals surface area contributed by atoms with Gasteiger partial charge in [-0.1, -0.05) is 13.8 Å². The van der Waals surface area contributed by atoms with Gasteiger partial charge in [-0.25, -0.2) is 8.78 Å². The maximum atomic E-state index is 14.5. The molecule has 4 aliphatic rings. The zero-order valence-electron chi connectivity index (χ0n) is 27.8. The summed E-state index contributed by atoms with van der Waals surface area (Å²) in [5.41, 5.74) is 5.32. The van der Waals surface area contributed by atoms with E-state index in [4.69, 9.17) is 9.84 Å². The quantitative estimate of drug-likeness (QED) is 0.333. The molecule has 3 aliphatic heterocycles. The van der Waals surface area contributed by atoms with Crippen LogP contribution in [0.25, 0.3) is 11.1 Å². The third-order valence-electron chi connectivity index (χ3n) is 10.0. The van der Waals surface area contributed by atoms with Crippen LogP contribution in [0.4, 0.5) is 20.3 Å². The van der Waals surface area contributed by atoms with E-state index in [1.807, 2.05) is 24.8 Å². The molecule has 11 heteroatoms. The van der Waals surface area contributed by atoms with Crippen molar-refractivity contribution in [1.82, 2.24) is 29.8 Å². The van der Waals surface area contributed by atoms with Gasteiger partial charge in [-0.2, -0.15) is 10.2 Å². The lowest BCUT2D eigenvalue weighted by Crippen LogP contribution is -2.37. The number of rotatable bonds is 6. The lowest BCUT2D eigenvalue weighted by Gasteiger charge is -2.34. The molecule has 1 N–H and O–H groups in total. The Morgan fingerprint density at radius 2 is 1.76 bits per heavy atom. The molecule has 46 heavy (non-hydrogen) atoms. The summed E-state index contributed by atoms with van der Waals surface area (Å²) in [6.45, 7) is 9.54. The van der Waals surface area contributed by atoms with Crippen LogP contribution in [0.2, 0.25) is 0 Å². The Bertz CT molecular complexity index is 1500. The predicted molar refractivity (Wildman–Crippen MR) is 176 cm³/mol. The second-order valence-corrected chi connectivity index (χ2v) is 12.9. The van der Waals surface area contributed by atoms with Gasteiger partial charge in [-0.15, -0.1) is 0 Å². The molecular weight excluding hydrogens is 588 g/mol. The number of piperidine rings is 1. The summed E-state index contributed by atoms with van der Waals surface area (Å²) in [7, 11) is 1.80. The van der Waals surface area contributed by atoms with Crippen LogP contribution in [0.5, 0.6) is 0 Å². The third-order valence-corrected chi connectivity index (χ3v) is 10.0. The second kappa shape index (κ2) is 14.2. The minimum atomic E-state index is -2.62. The van der Waals surface area contributed by atoms with Gasteiger partial charge in [-0.05, 0) is 87.7 Å². The molecule has 9 nitrogen and oxygen atoms in total. The van der Waals surface area contributed by atoms with Crippen LogP contribution in [0.15, 0.2) is 24.5 Å². The maximum absolute atomic E-state index is 14.5. The second-order valence-electron chi connectivity index (χ2n) is 12.9. The lowest BCUT2D eigenvalue weighted by molar-refractivity contribution is -0.129. The van der Waals surface area contributed by atoms with Crippen LogP contribution >= 0.6 is 0 Å². The molecule has 1 aliphatic carbocycles. The normalized spacial score (nSPS) is 21.9. The number of fused-ring (bicyclic) bond motifs is 2.